The van der Waals surface area contributed by atoms with Gasteiger partial charge >= 0.3 is 0 Å². The molecule has 2 nitrogen and oxygen atoms in total. The van der Waals surface area contributed by atoms with Crippen LogP contribution in [0.5, 0.6) is 0 Å². The van der Waals surface area contributed by atoms with Gasteiger partial charge in [-0.05, 0) is 91.3 Å². The molecule has 166 valence electrons. The zero-order valence-electron chi connectivity index (χ0n) is 19.6. The molecule has 4 rings (SSSR count). The van der Waals surface area contributed by atoms with E-state index in [9.17, 15) is 9.90 Å². The highest BCUT2D eigenvalue weighted by atomic mass is 16.3. The molecule has 0 heterocycles. The van der Waals surface area contributed by atoms with Crippen LogP contribution in [-0.2, 0) is 4.79 Å². The predicted molar refractivity (Wildman–Crippen MR) is 119 cm³/mol. The molecule has 0 aliphatic heterocycles. The first-order valence-corrected chi connectivity index (χ1v) is 12.9. The maximum atomic E-state index is 13.2. The number of rotatable bonds is 6. The Balaban J connectivity index is 1.47. The Labute approximate surface area is 179 Å². The van der Waals surface area contributed by atoms with E-state index in [-0.39, 0.29) is 0 Å². The Kier molecular flexibility index (Phi) is 6.24. The molecule has 4 saturated carbocycles. The lowest BCUT2D eigenvalue weighted by Gasteiger charge is -2.60. The number of aliphatic hydroxyl groups excluding tert-OH is 1. The van der Waals surface area contributed by atoms with Gasteiger partial charge < -0.3 is 5.11 Å². The summed E-state index contributed by atoms with van der Waals surface area (Å²) in [7, 11) is 0. The SMILES string of the molecule is CC(CO)CCC[C@@H](C)[C@H]1CC[C@H]2[C@H]3CC(=O)C4CCCC[C@]4(C)[C@H]3CC[C@]12C. The maximum absolute atomic E-state index is 13.2. The fraction of sp³-hybridized carbons (Fsp3) is 0.963. The Hall–Kier alpha value is -0.370. The summed E-state index contributed by atoms with van der Waals surface area (Å²) in [6.07, 6.45) is 15.3. The molecule has 0 bridgehead atoms. The van der Waals surface area contributed by atoms with E-state index in [1.807, 2.05) is 0 Å². The van der Waals surface area contributed by atoms with Gasteiger partial charge in [-0.3, -0.25) is 4.79 Å². The first kappa shape index (κ1) is 21.8. The molecule has 0 aromatic carbocycles. The van der Waals surface area contributed by atoms with Crippen LogP contribution in [0, 0.1) is 52.3 Å². The summed E-state index contributed by atoms with van der Waals surface area (Å²) in [5.74, 6) is 5.35. The van der Waals surface area contributed by atoms with Crippen molar-refractivity contribution in [3.05, 3.63) is 0 Å². The number of ketones is 1. The van der Waals surface area contributed by atoms with E-state index in [1.54, 1.807) is 0 Å². The summed E-state index contributed by atoms with van der Waals surface area (Å²) in [6.45, 7) is 10.1. The van der Waals surface area contributed by atoms with E-state index in [0.29, 0.717) is 41.0 Å². The number of Topliss-reactive ketones (excluding diaryl/α,β-unsaturated/α-hetero) is 1. The second kappa shape index (κ2) is 8.29. The van der Waals surface area contributed by atoms with Gasteiger partial charge in [0.1, 0.15) is 5.78 Å². The fourth-order valence-corrected chi connectivity index (χ4v) is 9.15. The van der Waals surface area contributed by atoms with Crippen LogP contribution >= 0.6 is 0 Å². The minimum Gasteiger partial charge on any atom is -0.396 e. The van der Waals surface area contributed by atoms with Crippen molar-refractivity contribution < 1.29 is 9.90 Å². The summed E-state index contributed by atoms with van der Waals surface area (Å²) in [5.41, 5.74) is 0.769. The smallest absolute Gasteiger partial charge is 0.136 e. The Morgan fingerprint density at radius 2 is 1.72 bits per heavy atom. The molecule has 0 spiro atoms. The molecular weight excluding hydrogens is 356 g/mol. The van der Waals surface area contributed by atoms with Crippen LogP contribution in [0.4, 0.5) is 0 Å². The number of hydrogen-bond donors (Lipinski definition) is 1. The van der Waals surface area contributed by atoms with Crippen LogP contribution in [0.15, 0.2) is 0 Å². The van der Waals surface area contributed by atoms with Gasteiger partial charge in [-0.25, -0.2) is 0 Å². The molecule has 2 heteroatoms. The first-order chi connectivity index (χ1) is 13.8. The molecule has 4 aliphatic rings. The molecule has 29 heavy (non-hydrogen) atoms. The highest BCUT2D eigenvalue weighted by Gasteiger charge is 2.61. The van der Waals surface area contributed by atoms with Crippen molar-refractivity contribution in [2.45, 2.75) is 105 Å². The summed E-state index contributed by atoms with van der Waals surface area (Å²) in [6, 6.07) is 0. The van der Waals surface area contributed by atoms with E-state index >= 15 is 0 Å². The third kappa shape index (κ3) is 3.64. The normalized spacial score (nSPS) is 46.5. The molecule has 0 saturated heterocycles. The molecule has 2 unspecified atom stereocenters. The van der Waals surface area contributed by atoms with Gasteiger partial charge in [-0.2, -0.15) is 0 Å². The largest absolute Gasteiger partial charge is 0.396 e. The molecule has 9 atom stereocenters. The van der Waals surface area contributed by atoms with Crippen LogP contribution in [0.2, 0.25) is 0 Å². The quantitative estimate of drug-likeness (QED) is 0.540. The monoisotopic (exact) mass is 402 g/mol. The lowest BCUT2D eigenvalue weighted by atomic mass is 9.44. The van der Waals surface area contributed by atoms with Crippen LogP contribution in [0.3, 0.4) is 0 Å². The lowest BCUT2D eigenvalue weighted by molar-refractivity contribution is -0.154. The number of carbonyl (C=O) groups excluding carboxylic acids is 1. The van der Waals surface area contributed by atoms with Crippen LogP contribution in [0.25, 0.3) is 0 Å². The van der Waals surface area contributed by atoms with Crippen LogP contribution < -0.4 is 0 Å². The number of aliphatic hydroxyl groups is 1. The van der Waals surface area contributed by atoms with Gasteiger partial charge in [0.05, 0.1) is 0 Å². The minimum absolute atomic E-state index is 0.309. The third-order valence-electron chi connectivity index (χ3n) is 10.8. The van der Waals surface area contributed by atoms with Crippen molar-refractivity contribution in [2.24, 2.45) is 52.3 Å². The predicted octanol–water partition coefficient (Wildman–Crippen LogP) is 6.65. The van der Waals surface area contributed by atoms with Gasteiger partial charge in [0.25, 0.3) is 0 Å². The van der Waals surface area contributed by atoms with E-state index in [1.165, 1.54) is 64.2 Å². The summed E-state index contributed by atoms with van der Waals surface area (Å²) < 4.78 is 0. The van der Waals surface area contributed by atoms with E-state index in [4.69, 9.17) is 0 Å². The second-order valence-corrected chi connectivity index (χ2v) is 12.3. The van der Waals surface area contributed by atoms with Crippen LogP contribution in [-0.4, -0.2) is 17.5 Å². The van der Waals surface area contributed by atoms with Crippen LogP contribution in [0.1, 0.15) is 105 Å². The van der Waals surface area contributed by atoms with Crippen molar-refractivity contribution in [2.75, 3.05) is 6.61 Å². The van der Waals surface area contributed by atoms with Crippen molar-refractivity contribution in [1.82, 2.24) is 0 Å². The van der Waals surface area contributed by atoms with Gasteiger partial charge in [0.2, 0.25) is 0 Å². The van der Waals surface area contributed by atoms with E-state index in [2.05, 4.69) is 27.7 Å². The Morgan fingerprint density at radius 1 is 0.966 bits per heavy atom. The van der Waals surface area contributed by atoms with E-state index in [0.717, 1.165) is 36.5 Å². The molecule has 0 aromatic heterocycles. The highest BCUT2D eigenvalue weighted by Crippen LogP contribution is 2.67. The molecule has 1 N–H and O–H groups in total. The van der Waals surface area contributed by atoms with Gasteiger partial charge in [-0.1, -0.05) is 53.4 Å². The standard InChI is InChI=1S/C27H46O2/c1-18(17-28)8-7-9-19(2)21-11-12-22-20-16-25(29)24-10-5-6-14-26(24,3)23(20)13-15-27(21,22)4/h18-24,28H,5-17H2,1-4H3/t18?,19-,20-,21-,22+,23+,24?,26-,27-/m1/s1. The molecule has 4 aliphatic carbocycles. The zero-order chi connectivity index (χ0) is 20.8. The lowest BCUT2D eigenvalue weighted by Crippen LogP contribution is -2.56. The van der Waals surface area contributed by atoms with Crippen molar-refractivity contribution in [3.8, 4) is 0 Å². The Bertz CT molecular complexity index is 599. The van der Waals surface area contributed by atoms with Crippen molar-refractivity contribution in [3.63, 3.8) is 0 Å². The number of fused-ring (bicyclic) bond motifs is 5. The summed E-state index contributed by atoms with van der Waals surface area (Å²) in [5, 5.41) is 9.31. The maximum Gasteiger partial charge on any atom is 0.136 e. The fourth-order valence-electron chi connectivity index (χ4n) is 9.15. The van der Waals surface area contributed by atoms with Gasteiger partial charge in [-0.15, -0.1) is 0 Å². The molecule has 0 amide bonds. The highest BCUT2D eigenvalue weighted by molar-refractivity contribution is 5.83. The average Bonchev–Trinajstić information content (AvgIpc) is 3.05. The third-order valence-corrected chi connectivity index (χ3v) is 10.8. The van der Waals surface area contributed by atoms with E-state index < -0.39 is 0 Å². The van der Waals surface area contributed by atoms with Crippen molar-refractivity contribution in [1.29, 1.82) is 0 Å². The Morgan fingerprint density at radius 3 is 2.48 bits per heavy atom. The van der Waals surface area contributed by atoms with Gasteiger partial charge in [0, 0.05) is 18.9 Å². The molecule has 0 aromatic rings. The van der Waals surface area contributed by atoms with Crippen molar-refractivity contribution >= 4 is 5.78 Å². The zero-order valence-corrected chi connectivity index (χ0v) is 19.6. The van der Waals surface area contributed by atoms with Gasteiger partial charge in [0.15, 0.2) is 0 Å². The second-order valence-electron chi connectivity index (χ2n) is 12.3. The summed E-state index contributed by atoms with van der Waals surface area (Å²) >= 11 is 0. The number of hydrogen-bond acceptors (Lipinski definition) is 2. The minimum atomic E-state index is 0.309. The first-order valence-electron chi connectivity index (χ1n) is 12.9. The molecular formula is C27H46O2. The average molecular weight is 403 g/mol. The molecule has 0 radical (unpaired) electrons. The molecule has 4 fully saturated rings. The topological polar surface area (TPSA) is 37.3 Å². The summed E-state index contributed by atoms with van der Waals surface area (Å²) in [4.78, 5) is 13.2. The number of carbonyl (C=O) groups is 1.